The molecule has 1 atom stereocenters. The molecule has 318 valence electrons. The van der Waals surface area contributed by atoms with Crippen LogP contribution in [0.1, 0.15) is 188 Å². The van der Waals surface area contributed by atoms with E-state index in [2.05, 4.69) is 112 Å². The molecular formula is C51H84O5. The first-order valence-electron chi connectivity index (χ1n) is 22.8. The van der Waals surface area contributed by atoms with Crippen molar-refractivity contribution >= 4 is 11.9 Å². The van der Waals surface area contributed by atoms with Crippen LogP contribution in [0.5, 0.6) is 0 Å². The predicted molar refractivity (Wildman–Crippen MR) is 242 cm³/mol. The van der Waals surface area contributed by atoms with E-state index in [0.717, 1.165) is 96.3 Å². The standard InChI is InChI=1S/C51H84O5/c1-4-7-10-13-16-19-22-24-25-26-27-29-30-32-35-38-41-44-50(52)55-48-49(47-54-46-43-40-37-34-21-18-15-12-9-6-3)56-51(53)45-42-39-36-33-31-28-23-20-17-14-11-8-5-2/h7-8,10-11,16-17,19-20,24-25,27-29,31,36,39,49H,4-6,9,12-15,18,21-23,26,30,32-35,37-38,40-48H2,1-3H3/b10-7-,11-8-,19-16-,20-17-,25-24-,29-27-,31-28-,39-36-. The van der Waals surface area contributed by atoms with Gasteiger partial charge in [0.1, 0.15) is 6.61 Å². The molecule has 0 aliphatic carbocycles. The van der Waals surface area contributed by atoms with Gasteiger partial charge in [0, 0.05) is 19.4 Å². The average Bonchev–Trinajstić information content (AvgIpc) is 3.20. The number of hydrogen-bond acceptors (Lipinski definition) is 5. The van der Waals surface area contributed by atoms with Crippen LogP contribution in [0, 0.1) is 0 Å². The van der Waals surface area contributed by atoms with Gasteiger partial charge in [-0.1, -0.05) is 189 Å². The molecule has 0 bridgehead atoms. The molecule has 0 amide bonds. The van der Waals surface area contributed by atoms with Gasteiger partial charge in [0.15, 0.2) is 6.10 Å². The summed E-state index contributed by atoms with van der Waals surface area (Å²) in [6.45, 7) is 7.47. The highest BCUT2D eigenvalue weighted by atomic mass is 16.6. The van der Waals surface area contributed by atoms with Crippen LogP contribution < -0.4 is 0 Å². The first-order valence-corrected chi connectivity index (χ1v) is 22.8. The molecule has 0 saturated heterocycles. The zero-order chi connectivity index (χ0) is 40.7. The van der Waals surface area contributed by atoms with E-state index in [1.165, 1.54) is 51.4 Å². The van der Waals surface area contributed by atoms with Gasteiger partial charge < -0.3 is 14.2 Å². The molecule has 0 heterocycles. The molecule has 0 spiro atoms. The molecule has 0 fully saturated rings. The Labute approximate surface area is 345 Å². The lowest BCUT2D eigenvalue weighted by atomic mass is 10.1. The summed E-state index contributed by atoms with van der Waals surface area (Å²) in [5, 5.41) is 0. The molecule has 1 unspecified atom stereocenters. The second-order valence-electron chi connectivity index (χ2n) is 14.5. The lowest BCUT2D eigenvalue weighted by Gasteiger charge is -2.18. The zero-order valence-electron chi connectivity index (χ0n) is 36.4. The fraction of sp³-hybridized carbons (Fsp3) is 0.647. The molecule has 56 heavy (non-hydrogen) atoms. The van der Waals surface area contributed by atoms with Crippen LogP contribution in [0.25, 0.3) is 0 Å². The summed E-state index contributed by atoms with van der Waals surface area (Å²) in [4.78, 5) is 25.2. The fourth-order valence-electron chi connectivity index (χ4n) is 5.81. The molecule has 5 nitrogen and oxygen atoms in total. The van der Waals surface area contributed by atoms with Crippen LogP contribution in [0.4, 0.5) is 0 Å². The number of unbranched alkanes of at least 4 members (excludes halogenated alkanes) is 13. The van der Waals surface area contributed by atoms with E-state index in [1.807, 2.05) is 6.08 Å². The zero-order valence-corrected chi connectivity index (χ0v) is 36.4. The van der Waals surface area contributed by atoms with Crippen molar-refractivity contribution in [3.8, 4) is 0 Å². The highest BCUT2D eigenvalue weighted by molar-refractivity contribution is 5.70. The number of ether oxygens (including phenoxy) is 3. The molecule has 0 rings (SSSR count). The minimum absolute atomic E-state index is 0.0401. The van der Waals surface area contributed by atoms with Crippen LogP contribution in [0.15, 0.2) is 97.2 Å². The first-order chi connectivity index (χ1) is 27.6. The van der Waals surface area contributed by atoms with E-state index in [-0.39, 0.29) is 31.6 Å². The molecule has 0 radical (unpaired) electrons. The maximum atomic E-state index is 12.7. The quantitative estimate of drug-likeness (QED) is 0.0352. The van der Waals surface area contributed by atoms with Gasteiger partial charge in [0.05, 0.1) is 6.61 Å². The monoisotopic (exact) mass is 777 g/mol. The largest absolute Gasteiger partial charge is 0.462 e. The third-order valence-corrected chi connectivity index (χ3v) is 9.13. The fourth-order valence-corrected chi connectivity index (χ4v) is 5.81. The summed E-state index contributed by atoms with van der Waals surface area (Å²) in [6, 6.07) is 0. The second-order valence-corrected chi connectivity index (χ2v) is 14.5. The van der Waals surface area contributed by atoms with Crippen molar-refractivity contribution in [3.63, 3.8) is 0 Å². The van der Waals surface area contributed by atoms with Crippen molar-refractivity contribution in [2.75, 3.05) is 19.8 Å². The van der Waals surface area contributed by atoms with Crippen LogP contribution in [-0.2, 0) is 23.8 Å². The van der Waals surface area contributed by atoms with Crippen molar-refractivity contribution in [2.24, 2.45) is 0 Å². The van der Waals surface area contributed by atoms with Gasteiger partial charge in [-0.05, 0) is 83.5 Å². The molecule has 0 aliphatic heterocycles. The van der Waals surface area contributed by atoms with Crippen LogP contribution in [0.2, 0.25) is 0 Å². The van der Waals surface area contributed by atoms with E-state index in [0.29, 0.717) is 19.4 Å². The van der Waals surface area contributed by atoms with Crippen LogP contribution in [-0.4, -0.2) is 37.9 Å². The Bertz CT molecular complexity index is 1110. The van der Waals surface area contributed by atoms with E-state index in [1.54, 1.807) is 0 Å². The van der Waals surface area contributed by atoms with Crippen molar-refractivity contribution in [3.05, 3.63) is 97.2 Å². The third-order valence-electron chi connectivity index (χ3n) is 9.13. The molecule has 0 saturated carbocycles. The van der Waals surface area contributed by atoms with E-state index >= 15 is 0 Å². The van der Waals surface area contributed by atoms with Crippen LogP contribution >= 0.6 is 0 Å². The number of rotatable bonds is 40. The van der Waals surface area contributed by atoms with Crippen molar-refractivity contribution in [1.82, 2.24) is 0 Å². The normalized spacial score (nSPS) is 13.1. The highest BCUT2D eigenvalue weighted by Gasteiger charge is 2.17. The lowest BCUT2D eigenvalue weighted by Crippen LogP contribution is -2.30. The molecule has 0 aromatic carbocycles. The van der Waals surface area contributed by atoms with Crippen LogP contribution in [0.3, 0.4) is 0 Å². The van der Waals surface area contributed by atoms with Gasteiger partial charge in [-0.25, -0.2) is 0 Å². The summed E-state index contributed by atoms with van der Waals surface area (Å²) in [5.41, 5.74) is 0. The maximum absolute atomic E-state index is 12.7. The summed E-state index contributed by atoms with van der Waals surface area (Å²) in [7, 11) is 0. The lowest BCUT2D eigenvalue weighted by molar-refractivity contribution is -0.162. The van der Waals surface area contributed by atoms with Crippen molar-refractivity contribution in [2.45, 2.75) is 194 Å². The van der Waals surface area contributed by atoms with Gasteiger partial charge in [0.25, 0.3) is 0 Å². The van der Waals surface area contributed by atoms with E-state index in [9.17, 15) is 9.59 Å². The number of esters is 2. The van der Waals surface area contributed by atoms with E-state index < -0.39 is 6.10 Å². The molecule has 0 aliphatic rings. The molecule has 0 aromatic heterocycles. The molecule has 0 N–H and O–H groups in total. The SMILES string of the molecule is CC/C=C\C/C=C\C/C=C\C/C=C\CCCCCCC(=O)OCC(COCCCCCCCCCCCC)OC(=O)CC/C=C\C/C=C\C/C=C\C/C=C\CC. The Morgan fingerprint density at radius 1 is 0.411 bits per heavy atom. The molecule has 5 heteroatoms. The summed E-state index contributed by atoms with van der Waals surface area (Å²) < 4.78 is 17.2. The number of carbonyl (C=O) groups is 2. The number of carbonyl (C=O) groups excluding carboxylic acids is 2. The van der Waals surface area contributed by atoms with Gasteiger partial charge in [-0.3, -0.25) is 9.59 Å². The Morgan fingerprint density at radius 2 is 0.839 bits per heavy atom. The average molecular weight is 777 g/mol. The Hall–Kier alpha value is -3.18. The maximum Gasteiger partial charge on any atom is 0.306 e. The third kappa shape index (κ3) is 43.5. The number of hydrogen-bond donors (Lipinski definition) is 0. The van der Waals surface area contributed by atoms with Gasteiger partial charge >= 0.3 is 11.9 Å². The second kappa shape index (κ2) is 46.2. The summed E-state index contributed by atoms with van der Waals surface area (Å²) in [5.74, 6) is -0.524. The topological polar surface area (TPSA) is 61.8 Å². The van der Waals surface area contributed by atoms with Gasteiger partial charge in [0.2, 0.25) is 0 Å². The van der Waals surface area contributed by atoms with E-state index in [4.69, 9.17) is 14.2 Å². The summed E-state index contributed by atoms with van der Waals surface area (Å²) in [6.07, 6.45) is 61.3. The van der Waals surface area contributed by atoms with Crippen molar-refractivity contribution in [1.29, 1.82) is 0 Å². The smallest absolute Gasteiger partial charge is 0.306 e. The minimum atomic E-state index is -0.585. The van der Waals surface area contributed by atoms with Gasteiger partial charge in [-0.2, -0.15) is 0 Å². The number of allylic oxidation sites excluding steroid dienone is 16. The molecule has 0 aromatic rings. The highest BCUT2D eigenvalue weighted by Crippen LogP contribution is 2.12. The van der Waals surface area contributed by atoms with Gasteiger partial charge in [-0.15, -0.1) is 0 Å². The Balaban J connectivity index is 4.39. The summed E-state index contributed by atoms with van der Waals surface area (Å²) >= 11 is 0. The predicted octanol–water partition coefficient (Wildman–Crippen LogP) is 15.1. The Kier molecular flexibility index (Phi) is 43.6. The minimum Gasteiger partial charge on any atom is -0.462 e. The molecular weight excluding hydrogens is 693 g/mol. The van der Waals surface area contributed by atoms with Crippen molar-refractivity contribution < 1.29 is 23.8 Å². The Morgan fingerprint density at radius 3 is 1.36 bits per heavy atom. The first kappa shape index (κ1) is 52.8.